The number of nitrogens with two attached hydrogens (primary N) is 1. The molecule has 2 rings (SSSR count). The van der Waals surface area contributed by atoms with Crippen LogP contribution in [0.3, 0.4) is 0 Å². The smallest absolute Gasteiger partial charge is 0.268 e. The van der Waals surface area contributed by atoms with Gasteiger partial charge in [0.1, 0.15) is 5.69 Å². The number of rotatable bonds is 4. The van der Waals surface area contributed by atoms with Crippen molar-refractivity contribution in [2.45, 2.75) is 6.04 Å². The molecule has 0 bridgehead atoms. The lowest BCUT2D eigenvalue weighted by Gasteiger charge is -2.13. The molecule has 0 aliphatic rings. The maximum absolute atomic E-state index is 12.0. The maximum Gasteiger partial charge on any atom is 0.268 e. The molecule has 2 aromatic rings. The number of aromatic nitrogens is 1. The van der Waals surface area contributed by atoms with E-state index in [1.807, 2.05) is 30.3 Å². The van der Waals surface area contributed by atoms with Gasteiger partial charge >= 0.3 is 0 Å². The van der Waals surface area contributed by atoms with Crippen molar-refractivity contribution in [3.05, 3.63) is 58.9 Å². The zero-order valence-corrected chi connectivity index (χ0v) is 11.4. The van der Waals surface area contributed by atoms with Gasteiger partial charge in [-0.3, -0.25) is 4.79 Å². The summed E-state index contributed by atoms with van der Waals surface area (Å²) in [6, 6.07) is 11.1. The van der Waals surface area contributed by atoms with Gasteiger partial charge in [0.15, 0.2) is 0 Å². The number of amides is 1. The quantitative estimate of drug-likeness (QED) is 0.899. The van der Waals surface area contributed by atoms with E-state index in [9.17, 15) is 4.79 Å². The van der Waals surface area contributed by atoms with Gasteiger partial charge in [-0.05, 0) is 11.6 Å². The van der Waals surface area contributed by atoms with Gasteiger partial charge in [0.2, 0.25) is 0 Å². The van der Waals surface area contributed by atoms with Gasteiger partial charge in [0.25, 0.3) is 5.91 Å². The van der Waals surface area contributed by atoms with Gasteiger partial charge in [-0.15, -0.1) is 0 Å². The summed E-state index contributed by atoms with van der Waals surface area (Å²) >= 11 is 5.84. The molecular formula is C14H16ClN3O. The van der Waals surface area contributed by atoms with E-state index in [1.165, 1.54) is 0 Å². The average Bonchev–Trinajstić information content (AvgIpc) is 2.75. The summed E-state index contributed by atoms with van der Waals surface area (Å²) in [6.07, 6.45) is 1.69. The Labute approximate surface area is 117 Å². The van der Waals surface area contributed by atoms with Crippen molar-refractivity contribution in [2.24, 2.45) is 12.8 Å². The van der Waals surface area contributed by atoms with Crippen LogP contribution >= 0.6 is 11.6 Å². The van der Waals surface area contributed by atoms with E-state index >= 15 is 0 Å². The second-order valence-corrected chi connectivity index (χ2v) is 4.82. The minimum Gasteiger partial charge on any atom is -0.349 e. The molecule has 1 aromatic carbocycles. The van der Waals surface area contributed by atoms with Gasteiger partial charge in [-0.25, -0.2) is 0 Å². The summed E-state index contributed by atoms with van der Waals surface area (Å²) in [6.45, 7) is 0.381. The van der Waals surface area contributed by atoms with E-state index in [0.717, 1.165) is 5.56 Å². The zero-order valence-electron chi connectivity index (χ0n) is 10.6. The maximum atomic E-state index is 12.0. The third-order valence-electron chi connectivity index (χ3n) is 2.91. The van der Waals surface area contributed by atoms with Gasteiger partial charge < -0.3 is 15.6 Å². The van der Waals surface area contributed by atoms with Crippen LogP contribution in [0.4, 0.5) is 0 Å². The molecular weight excluding hydrogens is 262 g/mol. The van der Waals surface area contributed by atoms with Crippen LogP contribution in [0.15, 0.2) is 42.6 Å². The highest BCUT2D eigenvalue weighted by Crippen LogP contribution is 2.13. The van der Waals surface area contributed by atoms with E-state index < -0.39 is 0 Å². The molecule has 4 nitrogen and oxygen atoms in total. The summed E-state index contributed by atoms with van der Waals surface area (Å²) in [5.74, 6) is -0.180. The molecule has 0 radical (unpaired) electrons. The number of benzene rings is 1. The molecule has 1 aromatic heterocycles. The third kappa shape index (κ3) is 3.36. The van der Waals surface area contributed by atoms with Crippen LogP contribution in [0.1, 0.15) is 22.1 Å². The molecule has 1 atom stereocenters. The first kappa shape index (κ1) is 13.6. The lowest BCUT2D eigenvalue weighted by molar-refractivity contribution is 0.0943. The number of carbonyl (C=O) groups excluding carboxylic acids is 1. The average molecular weight is 278 g/mol. The highest BCUT2D eigenvalue weighted by atomic mass is 35.5. The molecule has 0 aliphatic carbocycles. The fourth-order valence-electron chi connectivity index (χ4n) is 1.86. The Hall–Kier alpha value is -1.78. The molecule has 0 saturated heterocycles. The monoisotopic (exact) mass is 277 g/mol. The standard InChI is InChI=1S/C14H16ClN3O/c1-18-9-11(15)7-13(18)14(19)17-8-12(16)10-5-3-2-4-6-10/h2-7,9,12H,8,16H2,1H3,(H,17,19). The predicted octanol–water partition coefficient (Wildman–Crippen LogP) is 2.11. The van der Waals surface area contributed by atoms with E-state index in [-0.39, 0.29) is 11.9 Å². The Morgan fingerprint density at radius 1 is 1.42 bits per heavy atom. The van der Waals surface area contributed by atoms with Crippen molar-refractivity contribution in [1.29, 1.82) is 0 Å². The van der Waals surface area contributed by atoms with Gasteiger partial charge in [0, 0.05) is 25.8 Å². The van der Waals surface area contributed by atoms with E-state index in [2.05, 4.69) is 5.32 Å². The van der Waals surface area contributed by atoms with Crippen LogP contribution in [0, 0.1) is 0 Å². The number of carbonyl (C=O) groups is 1. The zero-order chi connectivity index (χ0) is 13.8. The van der Waals surface area contributed by atoms with E-state index in [1.54, 1.807) is 23.9 Å². The van der Waals surface area contributed by atoms with Gasteiger partial charge in [-0.2, -0.15) is 0 Å². The summed E-state index contributed by atoms with van der Waals surface area (Å²) in [4.78, 5) is 12.0. The minimum absolute atomic E-state index is 0.180. The number of hydrogen-bond donors (Lipinski definition) is 2. The molecule has 1 amide bonds. The minimum atomic E-state index is -0.221. The van der Waals surface area contributed by atoms with Crippen molar-refractivity contribution < 1.29 is 4.79 Å². The summed E-state index contributed by atoms with van der Waals surface area (Å²) in [7, 11) is 1.78. The summed E-state index contributed by atoms with van der Waals surface area (Å²) in [5, 5.41) is 3.35. The van der Waals surface area contributed by atoms with Crippen molar-refractivity contribution >= 4 is 17.5 Å². The lowest BCUT2D eigenvalue weighted by Crippen LogP contribution is -2.32. The molecule has 100 valence electrons. The topological polar surface area (TPSA) is 60.0 Å². The number of nitrogens with one attached hydrogen (secondary N) is 1. The molecule has 0 aliphatic heterocycles. The van der Waals surface area contributed by atoms with Crippen LogP contribution < -0.4 is 11.1 Å². The van der Waals surface area contributed by atoms with Crippen LogP contribution in [0.2, 0.25) is 5.02 Å². The molecule has 0 fully saturated rings. The highest BCUT2D eigenvalue weighted by molar-refractivity contribution is 6.31. The van der Waals surface area contributed by atoms with Crippen molar-refractivity contribution in [3.8, 4) is 0 Å². The molecule has 19 heavy (non-hydrogen) atoms. The van der Waals surface area contributed by atoms with E-state index in [0.29, 0.717) is 17.3 Å². The Morgan fingerprint density at radius 2 is 2.11 bits per heavy atom. The SMILES string of the molecule is Cn1cc(Cl)cc1C(=O)NCC(N)c1ccccc1. The normalized spacial score (nSPS) is 12.2. The number of hydrogen-bond acceptors (Lipinski definition) is 2. The van der Waals surface area contributed by atoms with Crippen LogP contribution in [0.5, 0.6) is 0 Å². The van der Waals surface area contributed by atoms with Crippen LogP contribution in [-0.4, -0.2) is 17.0 Å². The molecule has 1 heterocycles. The van der Waals surface area contributed by atoms with Crippen molar-refractivity contribution in [2.75, 3.05) is 6.54 Å². The lowest BCUT2D eigenvalue weighted by atomic mass is 10.1. The molecule has 1 unspecified atom stereocenters. The molecule has 0 spiro atoms. The first-order valence-electron chi connectivity index (χ1n) is 5.98. The second-order valence-electron chi connectivity index (χ2n) is 4.38. The van der Waals surface area contributed by atoms with Crippen LogP contribution in [0.25, 0.3) is 0 Å². The van der Waals surface area contributed by atoms with Crippen LogP contribution in [-0.2, 0) is 7.05 Å². The fourth-order valence-corrected chi connectivity index (χ4v) is 2.11. The van der Waals surface area contributed by atoms with Gasteiger partial charge in [0.05, 0.1) is 5.02 Å². The van der Waals surface area contributed by atoms with Crippen molar-refractivity contribution in [1.82, 2.24) is 9.88 Å². The fraction of sp³-hybridized carbons (Fsp3) is 0.214. The Morgan fingerprint density at radius 3 is 2.68 bits per heavy atom. The number of halogens is 1. The molecule has 0 saturated carbocycles. The number of nitrogens with zero attached hydrogens (tertiary/aromatic N) is 1. The predicted molar refractivity (Wildman–Crippen MR) is 76.1 cm³/mol. The summed E-state index contributed by atoms with van der Waals surface area (Å²) in [5.41, 5.74) is 7.53. The Kier molecular flexibility index (Phi) is 4.24. The summed E-state index contributed by atoms with van der Waals surface area (Å²) < 4.78 is 1.69. The first-order chi connectivity index (χ1) is 9.08. The van der Waals surface area contributed by atoms with Gasteiger partial charge in [-0.1, -0.05) is 41.9 Å². The third-order valence-corrected chi connectivity index (χ3v) is 3.12. The first-order valence-corrected chi connectivity index (χ1v) is 6.36. The number of aryl methyl sites for hydroxylation is 1. The molecule has 5 heteroatoms. The van der Waals surface area contributed by atoms with Crippen molar-refractivity contribution in [3.63, 3.8) is 0 Å². The Balaban J connectivity index is 1.96. The second kappa shape index (κ2) is 5.91. The largest absolute Gasteiger partial charge is 0.349 e. The Bertz CT molecular complexity index is 565. The molecule has 3 N–H and O–H groups in total. The van der Waals surface area contributed by atoms with E-state index in [4.69, 9.17) is 17.3 Å². The highest BCUT2D eigenvalue weighted by Gasteiger charge is 2.12.